The summed E-state index contributed by atoms with van der Waals surface area (Å²) in [4.78, 5) is 27.4. The van der Waals surface area contributed by atoms with Gasteiger partial charge in [-0.1, -0.05) is 23.2 Å². The van der Waals surface area contributed by atoms with Crippen LogP contribution >= 0.6 is 23.4 Å². The summed E-state index contributed by atoms with van der Waals surface area (Å²) < 4.78 is 13.4. The summed E-state index contributed by atoms with van der Waals surface area (Å²) in [5.41, 5.74) is 2.87. The van der Waals surface area contributed by atoms with E-state index < -0.39 is 5.82 Å². The average molecular weight is 391 g/mol. The normalized spacial score (nSPS) is 10.9. The number of H-pyrrole nitrogens is 1. The first-order valence-corrected chi connectivity index (χ1v) is 9.41. The predicted molar refractivity (Wildman–Crippen MR) is 106 cm³/mol. The number of carbonyl (C=O) groups excluding carboxylic acids is 1. The van der Waals surface area contributed by atoms with Gasteiger partial charge in [-0.05, 0) is 37.3 Å². The van der Waals surface area contributed by atoms with E-state index >= 15 is 0 Å². The molecule has 1 amide bonds. The first-order chi connectivity index (χ1) is 12.4. The molecule has 4 nitrogen and oxygen atoms in total. The fraction of sp³-hybridized carbons (Fsp3) is 0.158. The lowest BCUT2D eigenvalue weighted by Gasteiger charge is -2.07. The van der Waals surface area contributed by atoms with Crippen molar-refractivity contribution in [3.8, 4) is 0 Å². The van der Waals surface area contributed by atoms with Crippen molar-refractivity contribution >= 4 is 45.9 Å². The Morgan fingerprint density at radius 2 is 2.04 bits per heavy atom. The molecule has 134 valence electrons. The summed E-state index contributed by atoms with van der Waals surface area (Å²) in [6, 6.07) is 11.3. The smallest absolute Gasteiger partial charge is 0.234 e. The van der Waals surface area contributed by atoms with Crippen LogP contribution < -0.4 is 10.7 Å². The third-order valence-electron chi connectivity index (χ3n) is 3.74. The lowest BCUT2D eigenvalue weighted by Crippen LogP contribution is -2.14. The number of amides is 1. The van der Waals surface area contributed by atoms with E-state index in [4.69, 9.17) is 11.6 Å². The van der Waals surface area contributed by atoms with E-state index in [2.05, 4.69) is 10.3 Å². The lowest BCUT2D eigenvalue weighted by atomic mass is 10.1. The van der Waals surface area contributed by atoms with Crippen molar-refractivity contribution in [2.45, 2.75) is 12.7 Å². The molecule has 0 saturated carbocycles. The van der Waals surface area contributed by atoms with Crippen LogP contribution in [0.1, 0.15) is 11.3 Å². The highest BCUT2D eigenvalue weighted by atomic mass is 35.5. The minimum absolute atomic E-state index is 0.00725. The van der Waals surface area contributed by atoms with Crippen LogP contribution in [0.15, 0.2) is 47.3 Å². The minimum atomic E-state index is -0.582. The van der Waals surface area contributed by atoms with Gasteiger partial charge in [0, 0.05) is 34.1 Å². The quantitative estimate of drug-likeness (QED) is 0.674. The first kappa shape index (κ1) is 18.5. The molecular formula is C19H16ClFN2O2S. The van der Waals surface area contributed by atoms with Gasteiger partial charge in [-0.3, -0.25) is 9.59 Å². The van der Waals surface area contributed by atoms with Gasteiger partial charge in [0.2, 0.25) is 5.91 Å². The summed E-state index contributed by atoms with van der Waals surface area (Å²) in [6.45, 7) is 1.94. The molecule has 0 fully saturated rings. The standard InChI is InChI=1S/C19H16ClFN2O2S/c1-11-2-5-17-14(6-11)18(24)8-13(22-17)9-26-10-19(25)23-12-3-4-15(20)16(21)7-12/h2-8H,9-10H2,1H3,(H,22,24)(H,23,25). The maximum Gasteiger partial charge on any atom is 0.234 e. The van der Waals surface area contributed by atoms with E-state index in [1.807, 2.05) is 25.1 Å². The molecule has 3 aromatic rings. The number of hydrogen-bond donors (Lipinski definition) is 2. The Labute approximate surface area is 158 Å². The molecule has 1 heterocycles. The van der Waals surface area contributed by atoms with Gasteiger partial charge < -0.3 is 10.3 Å². The van der Waals surface area contributed by atoms with Crippen LogP contribution in [0.25, 0.3) is 10.9 Å². The fourth-order valence-corrected chi connectivity index (χ4v) is 3.37. The van der Waals surface area contributed by atoms with Gasteiger partial charge in [0.15, 0.2) is 5.43 Å². The van der Waals surface area contributed by atoms with E-state index in [1.165, 1.54) is 30.0 Å². The largest absolute Gasteiger partial charge is 0.357 e. The maximum absolute atomic E-state index is 13.4. The summed E-state index contributed by atoms with van der Waals surface area (Å²) in [6.07, 6.45) is 0. The molecule has 1 aromatic heterocycles. The predicted octanol–water partition coefficient (Wildman–Crippen LogP) is 4.50. The average Bonchev–Trinajstić information content (AvgIpc) is 2.59. The van der Waals surface area contributed by atoms with Crippen molar-refractivity contribution in [2.24, 2.45) is 0 Å². The van der Waals surface area contributed by atoms with Crippen LogP contribution in [-0.2, 0) is 10.5 Å². The molecule has 2 aromatic carbocycles. The summed E-state index contributed by atoms with van der Waals surface area (Å²) in [7, 11) is 0. The number of thioether (sulfide) groups is 1. The Morgan fingerprint density at radius 3 is 2.81 bits per heavy atom. The van der Waals surface area contributed by atoms with Gasteiger partial charge in [0.05, 0.1) is 10.8 Å². The molecule has 0 aliphatic rings. The third-order valence-corrected chi connectivity index (χ3v) is 5.02. The number of benzene rings is 2. The van der Waals surface area contributed by atoms with Gasteiger partial charge in [0.25, 0.3) is 0 Å². The maximum atomic E-state index is 13.4. The van der Waals surface area contributed by atoms with Crippen LogP contribution in [0.2, 0.25) is 5.02 Å². The van der Waals surface area contributed by atoms with Crippen LogP contribution in [0.5, 0.6) is 0 Å². The monoisotopic (exact) mass is 390 g/mol. The van der Waals surface area contributed by atoms with Crippen molar-refractivity contribution in [2.75, 3.05) is 11.1 Å². The molecule has 2 N–H and O–H groups in total. The van der Waals surface area contributed by atoms with E-state index in [0.717, 1.165) is 16.8 Å². The highest BCUT2D eigenvalue weighted by molar-refractivity contribution is 7.99. The number of hydrogen-bond acceptors (Lipinski definition) is 3. The van der Waals surface area contributed by atoms with Gasteiger partial charge in [-0.15, -0.1) is 11.8 Å². The molecule has 0 aliphatic heterocycles. The Morgan fingerprint density at radius 1 is 1.23 bits per heavy atom. The Hall–Kier alpha value is -2.31. The van der Waals surface area contributed by atoms with Crippen LogP contribution in [0.4, 0.5) is 10.1 Å². The van der Waals surface area contributed by atoms with Crippen molar-refractivity contribution in [1.82, 2.24) is 4.98 Å². The Balaban J connectivity index is 1.60. The molecule has 0 spiro atoms. The summed E-state index contributed by atoms with van der Waals surface area (Å²) in [5.74, 6) is -0.170. The molecule has 0 unspecified atom stereocenters. The van der Waals surface area contributed by atoms with Gasteiger partial charge in [-0.25, -0.2) is 4.39 Å². The number of halogens is 2. The highest BCUT2D eigenvalue weighted by Gasteiger charge is 2.07. The number of rotatable bonds is 5. The van der Waals surface area contributed by atoms with Crippen molar-refractivity contribution in [1.29, 1.82) is 0 Å². The molecule has 0 aliphatic carbocycles. The molecular weight excluding hydrogens is 375 g/mol. The number of aromatic amines is 1. The number of carbonyl (C=O) groups is 1. The second-order valence-corrected chi connectivity index (χ2v) is 7.27. The zero-order chi connectivity index (χ0) is 18.7. The summed E-state index contributed by atoms with van der Waals surface area (Å²) in [5, 5.41) is 3.27. The molecule has 26 heavy (non-hydrogen) atoms. The minimum Gasteiger partial charge on any atom is -0.357 e. The van der Waals surface area contributed by atoms with Crippen molar-refractivity contribution < 1.29 is 9.18 Å². The van der Waals surface area contributed by atoms with E-state index in [0.29, 0.717) is 16.8 Å². The number of nitrogens with one attached hydrogen (secondary N) is 2. The topological polar surface area (TPSA) is 62.0 Å². The van der Waals surface area contributed by atoms with Crippen LogP contribution in [-0.4, -0.2) is 16.6 Å². The van der Waals surface area contributed by atoms with E-state index in [-0.39, 0.29) is 22.1 Å². The van der Waals surface area contributed by atoms with E-state index in [9.17, 15) is 14.0 Å². The molecule has 0 radical (unpaired) electrons. The number of anilines is 1. The SMILES string of the molecule is Cc1ccc2[nH]c(CSCC(=O)Nc3ccc(Cl)c(F)c3)cc(=O)c2c1. The number of aromatic nitrogens is 1. The van der Waals surface area contributed by atoms with Gasteiger partial charge >= 0.3 is 0 Å². The molecule has 3 rings (SSSR count). The third kappa shape index (κ3) is 4.45. The van der Waals surface area contributed by atoms with Crippen molar-refractivity contribution in [3.63, 3.8) is 0 Å². The van der Waals surface area contributed by atoms with Crippen LogP contribution in [0.3, 0.4) is 0 Å². The second kappa shape index (κ2) is 7.93. The number of aryl methyl sites for hydroxylation is 1. The second-order valence-electron chi connectivity index (χ2n) is 5.88. The lowest BCUT2D eigenvalue weighted by molar-refractivity contribution is -0.113. The Kier molecular flexibility index (Phi) is 5.64. The van der Waals surface area contributed by atoms with E-state index in [1.54, 1.807) is 6.07 Å². The highest BCUT2D eigenvalue weighted by Crippen LogP contribution is 2.19. The zero-order valence-corrected chi connectivity index (χ0v) is 15.5. The van der Waals surface area contributed by atoms with Gasteiger partial charge in [0.1, 0.15) is 5.82 Å². The van der Waals surface area contributed by atoms with Gasteiger partial charge in [-0.2, -0.15) is 0 Å². The summed E-state index contributed by atoms with van der Waals surface area (Å²) >= 11 is 6.97. The first-order valence-electron chi connectivity index (χ1n) is 7.87. The Bertz CT molecular complexity index is 1040. The zero-order valence-electron chi connectivity index (χ0n) is 13.9. The van der Waals surface area contributed by atoms with Crippen molar-refractivity contribution in [3.05, 3.63) is 74.8 Å². The fourth-order valence-electron chi connectivity index (χ4n) is 2.52. The van der Waals surface area contributed by atoms with Crippen LogP contribution in [0, 0.1) is 12.7 Å². The number of pyridine rings is 1. The molecule has 0 atom stereocenters. The molecule has 0 saturated heterocycles. The molecule has 0 bridgehead atoms. The number of fused-ring (bicyclic) bond motifs is 1. The molecule has 7 heteroatoms.